The molecule has 1 rings (SSSR count). The molecule has 1 atom stereocenters. The van der Waals surface area contributed by atoms with Crippen LogP contribution in [-0.4, -0.2) is 58.9 Å². The Kier molecular flexibility index (Phi) is 7.91. The first-order valence-corrected chi connectivity index (χ1v) is 7.07. The van der Waals surface area contributed by atoms with Crippen molar-refractivity contribution in [1.29, 1.82) is 0 Å². The van der Waals surface area contributed by atoms with Crippen molar-refractivity contribution in [2.75, 3.05) is 33.4 Å². The number of hydrogen-bond donors (Lipinski definition) is 1. The van der Waals surface area contributed by atoms with Gasteiger partial charge < -0.3 is 19.3 Å². The minimum atomic E-state index is -0.0288. The average Bonchev–Trinajstić information content (AvgIpc) is 2.96. The Morgan fingerprint density at radius 2 is 2.30 bits per heavy atom. The van der Waals surface area contributed by atoms with Gasteiger partial charge in [0.1, 0.15) is 0 Å². The molecular weight excluding hydrogens is 258 g/mol. The Hall–Kier alpha value is -1.40. The molecule has 1 N–H and O–H groups in total. The van der Waals surface area contributed by atoms with Crippen LogP contribution >= 0.6 is 0 Å². The zero-order chi connectivity index (χ0) is 14.8. The lowest BCUT2D eigenvalue weighted by Gasteiger charge is -2.25. The van der Waals surface area contributed by atoms with Gasteiger partial charge in [-0.15, -0.1) is 0 Å². The number of amides is 1. The summed E-state index contributed by atoms with van der Waals surface area (Å²) < 4.78 is 6.98. The van der Waals surface area contributed by atoms with E-state index in [4.69, 9.17) is 9.84 Å². The Labute approximate surface area is 120 Å². The van der Waals surface area contributed by atoms with Crippen molar-refractivity contribution in [3.05, 3.63) is 18.7 Å². The molecule has 0 bridgehead atoms. The fourth-order valence-electron chi connectivity index (χ4n) is 2.19. The van der Waals surface area contributed by atoms with Gasteiger partial charge in [-0.1, -0.05) is 13.3 Å². The molecule has 1 aromatic rings. The zero-order valence-electron chi connectivity index (χ0n) is 12.4. The van der Waals surface area contributed by atoms with Crippen molar-refractivity contribution in [2.45, 2.75) is 32.2 Å². The largest absolute Gasteiger partial charge is 0.395 e. The number of aromatic nitrogens is 2. The fraction of sp³-hybridized carbons (Fsp3) is 0.714. The molecule has 1 amide bonds. The molecule has 20 heavy (non-hydrogen) atoms. The second kappa shape index (κ2) is 9.50. The number of imidazole rings is 1. The summed E-state index contributed by atoms with van der Waals surface area (Å²) in [5, 5.41) is 9.06. The molecule has 1 heterocycles. The fourth-order valence-corrected chi connectivity index (χ4v) is 2.19. The van der Waals surface area contributed by atoms with E-state index in [0.717, 1.165) is 12.8 Å². The quantitative estimate of drug-likeness (QED) is 0.698. The maximum atomic E-state index is 12.3. The van der Waals surface area contributed by atoms with Crippen molar-refractivity contribution >= 4 is 5.91 Å². The van der Waals surface area contributed by atoms with Crippen molar-refractivity contribution in [3.63, 3.8) is 0 Å². The molecule has 0 aromatic carbocycles. The molecule has 6 heteroatoms. The normalized spacial score (nSPS) is 12.3. The maximum Gasteiger partial charge on any atom is 0.224 e. The van der Waals surface area contributed by atoms with E-state index in [9.17, 15) is 4.79 Å². The molecule has 0 fully saturated rings. The number of methoxy groups -OCH3 is 1. The van der Waals surface area contributed by atoms with E-state index < -0.39 is 0 Å². The van der Waals surface area contributed by atoms with E-state index in [-0.39, 0.29) is 18.6 Å². The number of carbonyl (C=O) groups is 1. The van der Waals surface area contributed by atoms with Crippen molar-refractivity contribution in [1.82, 2.24) is 14.5 Å². The summed E-state index contributed by atoms with van der Waals surface area (Å²) in [4.78, 5) is 18.0. The van der Waals surface area contributed by atoms with Crippen LogP contribution in [0.5, 0.6) is 0 Å². The Balaban J connectivity index is 2.62. The monoisotopic (exact) mass is 283 g/mol. The van der Waals surface area contributed by atoms with E-state index >= 15 is 0 Å². The first-order valence-electron chi connectivity index (χ1n) is 7.07. The standard InChI is InChI=1S/C14H25N3O3/c1-3-4-13(17-6-5-15-12-17)11-14(19)16(7-9-18)8-10-20-2/h5-6,12-13,18H,3-4,7-11H2,1-2H3. The van der Waals surface area contributed by atoms with Gasteiger partial charge in [-0.05, 0) is 6.42 Å². The van der Waals surface area contributed by atoms with Crippen LogP contribution in [0, 0.1) is 0 Å². The molecule has 114 valence electrons. The maximum absolute atomic E-state index is 12.3. The minimum Gasteiger partial charge on any atom is -0.395 e. The number of rotatable bonds is 10. The highest BCUT2D eigenvalue weighted by atomic mass is 16.5. The van der Waals surface area contributed by atoms with Gasteiger partial charge in [-0.2, -0.15) is 0 Å². The van der Waals surface area contributed by atoms with Gasteiger partial charge in [0.25, 0.3) is 0 Å². The highest BCUT2D eigenvalue weighted by Gasteiger charge is 2.19. The molecule has 6 nitrogen and oxygen atoms in total. The van der Waals surface area contributed by atoms with Gasteiger partial charge in [0, 0.05) is 45.1 Å². The molecule has 0 spiro atoms. The Morgan fingerprint density at radius 1 is 1.50 bits per heavy atom. The number of carbonyl (C=O) groups excluding carboxylic acids is 1. The van der Waals surface area contributed by atoms with Gasteiger partial charge in [-0.25, -0.2) is 4.98 Å². The SMILES string of the molecule is CCCC(CC(=O)N(CCO)CCOC)n1ccnc1. The van der Waals surface area contributed by atoms with E-state index in [1.165, 1.54) is 0 Å². The number of hydrogen-bond acceptors (Lipinski definition) is 4. The third kappa shape index (κ3) is 5.30. The lowest BCUT2D eigenvalue weighted by Crippen LogP contribution is -2.37. The molecule has 0 saturated heterocycles. The lowest BCUT2D eigenvalue weighted by molar-refractivity contribution is -0.133. The van der Waals surface area contributed by atoms with Crippen LogP contribution in [0.25, 0.3) is 0 Å². The summed E-state index contributed by atoms with van der Waals surface area (Å²) in [5.74, 6) is 0.0447. The molecule has 1 aromatic heterocycles. The highest BCUT2D eigenvalue weighted by molar-refractivity contribution is 5.76. The minimum absolute atomic E-state index is 0.0288. The first kappa shape index (κ1) is 16.7. The van der Waals surface area contributed by atoms with Crippen LogP contribution in [-0.2, 0) is 9.53 Å². The number of nitrogens with zero attached hydrogens (tertiary/aromatic N) is 3. The van der Waals surface area contributed by atoms with Crippen LogP contribution in [0.1, 0.15) is 32.2 Å². The van der Waals surface area contributed by atoms with Crippen molar-refractivity contribution in [3.8, 4) is 0 Å². The predicted molar refractivity (Wildman–Crippen MR) is 76.3 cm³/mol. The second-order valence-corrected chi connectivity index (χ2v) is 4.75. The third-order valence-corrected chi connectivity index (χ3v) is 3.27. The zero-order valence-corrected chi connectivity index (χ0v) is 12.4. The average molecular weight is 283 g/mol. The van der Waals surface area contributed by atoms with Gasteiger partial charge in [0.2, 0.25) is 5.91 Å². The summed E-state index contributed by atoms with van der Waals surface area (Å²) in [7, 11) is 1.60. The van der Waals surface area contributed by atoms with E-state index in [0.29, 0.717) is 26.1 Å². The summed E-state index contributed by atoms with van der Waals surface area (Å²) in [5.41, 5.74) is 0. The lowest BCUT2D eigenvalue weighted by atomic mass is 10.1. The van der Waals surface area contributed by atoms with Crippen molar-refractivity contribution in [2.24, 2.45) is 0 Å². The van der Waals surface area contributed by atoms with Crippen molar-refractivity contribution < 1.29 is 14.6 Å². The van der Waals surface area contributed by atoms with Gasteiger partial charge >= 0.3 is 0 Å². The third-order valence-electron chi connectivity index (χ3n) is 3.27. The van der Waals surface area contributed by atoms with Gasteiger partial charge in [0.15, 0.2) is 0 Å². The Bertz CT molecular complexity index is 368. The molecule has 0 aliphatic rings. The number of aliphatic hydroxyl groups is 1. The molecular formula is C14H25N3O3. The smallest absolute Gasteiger partial charge is 0.224 e. The van der Waals surface area contributed by atoms with Gasteiger partial charge in [-0.3, -0.25) is 4.79 Å². The van der Waals surface area contributed by atoms with E-state index in [2.05, 4.69) is 11.9 Å². The molecule has 0 saturated carbocycles. The van der Waals surface area contributed by atoms with Crippen LogP contribution < -0.4 is 0 Å². The van der Waals surface area contributed by atoms with Crippen LogP contribution in [0.15, 0.2) is 18.7 Å². The van der Waals surface area contributed by atoms with Crippen LogP contribution in [0.2, 0.25) is 0 Å². The molecule has 0 aliphatic heterocycles. The van der Waals surface area contributed by atoms with E-state index in [1.807, 2.05) is 10.8 Å². The second-order valence-electron chi connectivity index (χ2n) is 4.75. The summed E-state index contributed by atoms with van der Waals surface area (Å²) >= 11 is 0. The topological polar surface area (TPSA) is 67.6 Å². The van der Waals surface area contributed by atoms with Crippen LogP contribution in [0.4, 0.5) is 0 Å². The number of aliphatic hydroxyl groups excluding tert-OH is 1. The highest BCUT2D eigenvalue weighted by Crippen LogP contribution is 2.19. The summed E-state index contributed by atoms with van der Waals surface area (Å²) in [6, 6.07) is 0.124. The summed E-state index contributed by atoms with van der Waals surface area (Å²) in [6.07, 6.45) is 7.73. The van der Waals surface area contributed by atoms with Crippen LogP contribution in [0.3, 0.4) is 0 Å². The molecule has 1 unspecified atom stereocenters. The predicted octanol–water partition coefficient (Wildman–Crippen LogP) is 1.08. The number of ether oxygens (including phenoxy) is 1. The van der Waals surface area contributed by atoms with Gasteiger partial charge in [0.05, 0.1) is 19.5 Å². The summed E-state index contributed by atoms with van der Waals surface area (Å²) in [6.45, 7) is 3.42. The van der Waals surface area contributed by atoms with E-state index in [1.54, 1.807) is 24.5 Å². The first-order chi connectivity index (χ1) is 9.72. The Morgan fingerprint density at radius 3 is 2.85 bits per heavy atom. The molecule has 0 aliphatic carbocycles. The molecule has 0 radical (unpaired) electrons.